The third-order valence-corrected chi connectivity index (χ3v) is 11.4. The van der Waals surface area contributed by atoms with Gasteiger partial charge in [0, 0.05) is 17.0 Å². The van der Waals surface area contributed by atoms with Crippen molar-refractivity contribution in [2.45, 2.75) is 26.5 Å². The van der Waals surface area contributed by atoms with Gasteiger partial charge in [0.1, 0.15) is 0 Å². The lowest BCUT2D eigenvalue weighted by molar-refractivity contribution is 0.0960. The Morgan fingerprint density at radius 2 is 1.16 bits per heavy atom. The maximum absolute atomic E-state index is 17.7. The van der Waals surface area contributed by atoms with Crippen LogP contribution >= 0.6 is 11.6 Å². The van der Waals surface area contributed by atoms with Gasteiger partial charge in [-0.3, -0.25) is 4.79 Å². The number of carbonyl (C=O) groups excluding carboxylic acids is 1. The molecule has 0 bridgehead atoms. The summed E-state index contributed by atoms with van der Waals surface area (Å²) in [6, 6.07) is 26.5. The topological polar surface area (TPSA) is 85.3 Å². The lowest BCUT2D eigenvalue weighted by Gasteiger charge is -2.33. The summed E-state index contributed by atoms with van der Waals surface area (Å²) in [5.41, 5.74) is 0.143. The number of hydrogen-bond acceptors (Lipinski definition) is 5. The van der Waals surface area contributed by atoms with Gasteiger partial charge in [0.2, 0.25) is 19.7 Å². The van der Waals surface area contributed by atoms with Crippen LogP contribution in [0.5, 0.6) is 0 Å². The first kappa shape index (κ1) is 26.7. The van der Waals surface area contributed by atoms with Crippen LogP contribution in [0.4, 0.5) is 4.39 Å². The molecule has 1 unspecified atom stereocenters. The van der Waals surface area contributed by atoms with E-state index in [1.165, 1.54) is 72.8 Å². The fourth-order valence-corrected chi connectivity index (χ4v) is 8.92. The van der Waals surface area contributed by atoms with Crippen LogP contribution in [0.3, 0.4) is 0 Å². The van der Waals surface area contributed by atoms with Crippen molar-refractivity contribution in [2.24, 2.45) is 0 Å². The van der Waals surface area contributed by atoms with Crippen molar-refractivity contribution in [3.8, 4) is 0 Å². The first-order valence-corrected chi connectivity index (χ1v) is 14.6. The van der Waals surface area contributed by atoms with Crippen LogP contribution in [-0.2, 0) is 19.7 Å². The number of carbonyl (C=O) groups is 1. The number of halogens is 2. The van der Waals surface area contributed by atoms with Gasteiger partial charge in [-0.25, -0.2) is 21.2 Å². The molecule has 4 aromatic carbocycles. The first-order chi connectivity index (χ1) is 17.6. The highest BCUT2D eigenvalue weighted by Gasteiger charge is 2.63. The molecular formula is C28H22ClFO5S2. The molecule has 9 heteroatoms. The molecule has 0 saturated heterocycles. The Morgan fingerprint density at radius 1 is 0.703 bits per heavy atom. The van der Waals surface area contributed by atoms with Crippen molar-refractivity contribution in [1.29, 1.82) is 0 Å². The van der Waals surface area contributed by atoms with Crippen LogP contribution in [0.25, 0.3) is 0 Å². The quantitative estimate of drug-likeness (QED) is 0.227. The minimum atomic E-state index is -5.24. The first-order valence-electron chi connectivity index (χ1n) is 11.2. The van der Waals surface area contributed by atoms with Gasteiger partial charge in [-0.1, -0.05) is 90.5 Å². The monoisotopic (exact) mass is 556 g/mol. The molecule has 0 aromatic heterocycles. The summed E-state index contributed by atoms with van der Waals surface area (Å²) >= 11 is 6.15. The Morgan fingerprint density at radius 3 is 1.62 bits per heavy atom. The molecule has 0 fully saturated rings. The molecular weight excluding hydrogens is 535 g/mol. The van der Waals surface area contributed by atoms with E-state index in [0.717, 1.165) is 24.3 Å². The van der Waals surface area contributed by atoms with Crippen molar-refractivity contribution >= 4 is 37.1 Å². The molecule has 0 radical (unpaired) electrons. The molecule has 4 aromatic rings. The molecule has 4 rings (SSSR count). The second-order valence-corrected chi connectivity index (χ2v) is 13.2. The van der Waals surface area contributed by atoms with Crippen LogP contribution in [0.1, 0.15) is 28.3 Å². The summed E-state index contributed by atoms with van der Waals surface area (Å²) in [5, 5.41) is 0.131. The lowest BCUT2D eigenvalue weighted by atomic mass is 9.92. The Bertz CT molecular complexity index is 1540. The summed E-state index contributed by atoms with van der Waals surface area (Å²) in [6.45, 7) is 0. The maximum Gasteiger partial charge on any atom is 0.324 e. The highest BCUT2D eigenvalue weighted by Crippen LogP contribution is 2.49. The van der Waals surface area contributed by atoms with Crippen molar-refractivity contribution in [2.75, 3.05) is 0 Å². The summed E-state index contributed by atoms with van der Waals surface area (Å²) in [6.07, 6.45) is -0.751. The van der Waals surface area contributed by atoms with E-state index in [1.807, 2.05) is 0 Å². The van der Waals surface area contributed by atoms with E-state index < -0.39 is 51.9 Å². The largest absolute Gasteiger partial charge is 0.324 e. The van der Waals surface area contributed by atoms with Gasteiger partial charge in [-0.15, -0.1) is 0 Å². The van der Waals surface area contributed by atoms with Gasteiger partial charge in [0.05, 0.1) is 15.7 Å². The molecule has 0 spiro atoms. The van der Waals surface area contributed by atoms with Gasteiger partial charge >= 0.3 is 4.33 Å². The van der Waals surface area contributed by atoms with Crippen LogP contribution in [0.15, 0.2) is 125 Å². The summed E-state index contributed by atoms with van der Waals surface area (Å²) in [5.74, 6) is -2.58. The molecule has 0 saturated carbocycles. The second-order valence-electron chi connectivity index (χ2n) is 8.32. The maximum atomic E-state index is 17.7. The molecule has 0 aliphatic heterocycles. The van der Waals surface area contributed by atoms with Crippen LogP contribution in [-0.4, -0.2) is 27.0 Å². The summed E-state index contributed by atoms with van der Waals surface area (Å²) < 4.78 is 69.7. The van der Waals surface area contributed by atoms with Gasteiger partial charge in [0.25, 0.3) is 0 Å². The third kappa shape index (κ3) is 4.97. The van der Waals surface area contributed by atoms with E-state index in [1.54, 1.807) is 18.2 Å². The lowest BCUT2D eigenvalue weighted by Crippen LogP contribution is -2.48. The van der Waals surface area contributed by atoms with Crippen molar-refractivity contribution < 1.29 is 26.0 Å². The number of rotatable bonds is 9. The van der Waals surface area contributed by atoms with Crippen LogP contribution in [0.2, 0.25) is 5.02 Å². The normalized spacial score (nSPS) is 13.1. The van der Waals surface area contributed by atoms with E-state index in [4.69, 9.17) is 11.6 Å². The van der Waals surface area contributed by atoms with E-state index in [-0.39, 0.29) is 16.1 Å². The van der Waals surface area contributed by atoms with Gasteiger partial charge in [0.15, 0.2) is 5.78 Å². The molecule has 0 aliphatic rings. The highest BCUT2D eigenvalue weighted by molar-refractivity contribution is 8.10. The zero-order valence-electron chi connectivity index (χ0n) is 19.4. The average Bonchev–Trinajstić information content (AvgIpc) is 2.92. The van der Waals surface area contributed by atoms with Crippen molar-refractivity contribution in [1.82, 2.24) is 0 Å². The van der Waals surface area contributed by atoms with E-state index in [2.05, 4.69) is 0 Å². The standard InChI is InChI=1S/C28H22ClFO5S2/c29-23-14-10-13-22(19-23)26(20-27(31)21-11-4-1-5-12-21)28(30,36(32,33)24-15-6-2-7-16-24)37(34,35)25-17-8-3-9-18-25/h1-19,26H,20H2. The van der Waals surface area contributed by atoms with E-state index in [9.17, 15) is 21.6 Å². The molecule has 1 atom stereocenters. The molecule has 37 heavy (non-hydrogen) atoms. The molecule has 190 valence electrons. The molecule has 0 N–H and O–H groups in total. The van der Waals surface area contributed by atoms with Crippen LogP contribution in [0, 0.1) is 0 Å². The van der Waals surface area contributed by atoms with Gasteiger partial charge in [-0.05, 0) is 42.0 Å². The predicted molar refractivity (Wildman–Crippen MR) is 141 cm³/mol. The highest BCUT2D eigenvalue weighted by atomic mass is 35.5. The molecule has 0 heterocycles. The SMILES string of the molecule is O=C(CC(c1cccc(Cl)c1)C(F)(S(=O)(=O)c1ccccc1)S(=O)(=O)c1ccccc1)c1ccccc1. The fourth-order valence-electron chi connectivity index (χ4n) is 4.13. The zero-order chi connectivity index (χ0) is 26.7. The number of benzene rings is 4. The smallest absolute Gasteiger partial charge is 0.294 e. The Hall–Kier alpha value is -3.33. The Labute approximate surface area is 220 Å². The molecule has 0 aliphatic carbocycles. The zero-order valence-corrected chi connectivity index (χ0v) is 21.8. The van der Waals surface area contributed by atoms with Gasteiger partial charge in [-0.2, -0.15) is 0 Å². The minimum absolute atomic E-state index is 0.0432. The number of ketones is 1. The summed E-state index contributed by atoms with van der Waals surface area (Å²) in [7, 11) is -10.5. The average molecular weight is 557 g/mol. The Kier molecular flexibility index (Phi) is 7.64. The number of Topliss-reactive ketones (excluding diaryl/α,β-unsaturated/α-hetero) is 1. The van der Waals surface area contributed by atoms with Crippen molar-refractivity contribution in [3.63, 3.8) is 0 Å². The van der Waals surface area contributed by atoms with Crippen LogP contribution < -0.4 is 0 Å². The summed E-state index contributed by atoms with van der Waals surface area (Å²) in [4.78, 5) is 12.2. The van der Waals surface area contributed by atoms with Gasteiger partial charge < -0.3 is 0 Å². The van der Waals surface area contributed by atoms with E-state index in [0.29, 0.717) is 0 Å². The number of alkyl halides is 1. The minimum Gasteiger partial charge on any atom is -0.294 e. The van der Waals surface area contributed by atoms with E-state index >= 15 is 4.39 Å². The third-order valence-electron chi connectivity index (χ3n) is 5.99. The second kappa shape index (κ2) is 10.6. The number of hydrogen-bond donors (Lipinski definition) is 0. The van der Waals surface area contributed by atoms with Crippen molar-refractivity contribution in [3.05, 3.63) is 131 Å². The molecule has 5 nitrogen and oxygen atoms in total. The Balaban J connectivity index is 2.03. The molecule has 0 amide bonds. The predicted octanol–water partition coefficient (Wildman–Crippen LogP) is 6.27. The number of sulfone groups is 2. The fraction of sp³-hybridized carbons (Fsp3) is 0.107.